The van der Waals surface area contributed by atoms with Crippen LogP contribution in [0.25, 0.3) is 82.1 Å². The second-order valence-corrected chi connectivity index (χ2v) is 14.2. The molecule has 1 heterocycles. The van der Waals surface area contributed by atoms with Crippen molar-refractivity contribution in [2.45, 2.75) is 0 Å². The molecule has 0 saturated carbocycles. The van der Waals surface area contributed by atoms with Gasteiger partial charge in [-0.3, -0.25) is 0 Å². The Bertz CT molecular complexity index is 2950. The van der Waals surface area contributed by atoms with Gasteiger partial charge in [0.1, 0.15) is 0 Å². The van der Waals surface area contributed by atoms with Crippen LogP contribution in [-0.4, -0.2) is 4.57 Å². The third kappa shape index (κ3) is 4.81. The van der Waals surface area contributed by atoms with Gasteiger partial charge >= 0.3 is 0 Å². The highest BCUT2D eigenvalue weighted by atomic mass is 15.1. The molecule has 10 aromatic carbocycles. The van der Waals surface area contributed by atoms with E-state index in [1.54, 1.807) is 0 Å². The molecule has 252 valence electrons. The van der Waals surface area contributed by atoms with Crippen LogP contribution in [0.1, 0.15) is 0 Å². The average Bonchev–Trinajstić information content (AvgIpc) is 3.59. The molecule has 0 atom stereocenters. The van der Waals surface area contributed by atoms with Crippen LogP contribution in [0.15, 0.2) is 206 Å². The highest BCUT2D eigenvalue weighted by Gasteiger charge is 2.19. The zero-order valence-electron chi connectivity index (χ0n) is 29.5. The van der Waals surface area contributed by atoms with E-state index in [-0.39, 0.29) is 0 Å². The van der Waals surface area contributed by atoms with Gasteiger partial charge in [-0.25, -0.2) is 0 Å². The van der Waals surface area contributed by atoms with Gasteiger partial charge in [-0.1, -0.05) is 152 Å². The summed E-state index contributed by atoms with van der Waals surface area (Å²) in [6, 6.07) is 75.2. The van der Waals surface area contributed by atoms with Crippen LogP contribution >= 0.6 is 0 Å². The molecule has 0 aliphatic heterocycles. The number of aromatic nitrogens is 1. The molecule has 0 aliphatic carbocycles. The summed E-state index contributed by atoms with van der Waals surface area (Å²) >= 11 is 0. The predicted molar refractivity (Wildman–Crippen MR) is 230 cm³/mol. The molecule has 0 amide bonds. The Hall–Kier alpha value is -7.16. The molecule has 0 aliphatic rings. The largest absolute Gasteiger partial charge is 0.310 e. The molecule has 0 N–H and O–H groups in total. The van der Waals surface area contributed by atoms with Crippen molar-refractivity contribution in [1.29, 1.82) is 0 Å². The summed E-state index contributed by atoms with van der Waals surface area (Å²) in [5.41, 5.74) is 11.8. The Balaban J connectivity index is 1.07. The first kappa shape index (κ1) is 30.5. The van der Waals surface area contributed by atoms with Gasteiger partial charge in [-0.2, -0.15) is 0 Å². The lowest BCUT2D eigenvalue weighted by molar-refractivity contribution is 1.17. The van der Waals surface area contributed by atoms with E-state index in [0.29, 0.717) is 0 Å². The van der Waals surface area contributed by atoms with Crippen LogP contribution in [0.3, 0.4) is 0 Å². The first-order valence-corrected chi connectivity index (χ1v) is 18.6. The van der Waals surface area contributed by atoms with Crippen molar-refractivity contribution in [3.8, 4) is 27.9 Å². The Morgan fingerprint density at radius 1 is 0.315 bits per heavy atom. The fraction of sp³-hybridized carbons (Fsp3) is 0. The topological polar surface area (TPSA) is 8.17 Å². The van der Waals surface area contributed by atoms with Crippen molar-refractivity contribution < 1.29 is 0 Å². The highest BCUT2D eigenvalue weighted by molar-refractivity contribution is 6.24. The second-order valence-electron chi connectivity index (χ2n) is 14.2. The summed E-state index contributed by atoms with van der Waals surface area (Å²) < 4.78 is 2.43. The van der Waals surface area contributed by atoms with E-state index < -0.39 is 0 Å². The SMILES string of the molecule is c1cc(N(c2ccc(-c3cccc4ccccc34)cc2)c2ccc(-c3cccc4ccccc34)cc2)cc(-n2c3cccc4ccc5cccc2c5c43)c1. The summed E-state index contributed by atoms with van der Waals surface area (Å²) in [5, 5.41) is 10.2. The molecule has 54 heavy (non-hydrogen) atoms. The van der Waals surface area contributed by atoms with Gasteiger partial charge < -0.3 is 9.47 Å². The summed E-state index contributed by atoms with van der Waals surface area (Å²) in [6.45, 7) is 0. The molecule has 11 rings (SSSR count). The molecule has 0 spiro atoms. The quantitative estimate of drug-likeness (QED) is 0.158. The summed E-state index contributed by atoms with van der Waals surface area (Å²) in [6.07, 6.45) is 0. The summed E-state index contributed by atoms with van der Waals surface area (Å²) in [7, 11) is 0. The van der Waals surface area contributed by atoms with Crippen molar-refractivity contribution in [2.75, 3.05) is 4.90 Å². The minimum atomic E-state index is 1.10. The fourth-order valence-electron chi connectivity index (χ4n) is 8.65. The number of anilines is 3. The van der Waals surface area contributed by atoms with Gasteiger partial charge in [0.05, 0.1) is 11.0 Å². The van der Waals surface area contributed by atoms with Gasteiger partial charge in [-0.15, -0.1) is 0 Å². The van der Waals surface area contributed by atoms with Crippen molar-refractivity contribution >= 4 is 71.2 Å². The fourth-order valence-corrected chi connectivity index (χ4v) is 8.65. The number of fused-ring (bicyclic) bond motifs is 2. The number of rotatable bonds is 6. The zero-order valence-corrected chi connectivity index (χ0v) is 29.5. The minimum absolute atomic E-state index is 1.10. The number of nitrogens with zero attached hydrogens (tertiary/aromatic N) is 2. The van der Waals surface area contributed by atoms with Gasteiger partial charge in [-0.05, 0) is 109 Å². The van der Waals surface area contributed by atoms with Crippen molar-refractivity contribution in [1.82, 2.24) is 4.57 Å². The first-order chi connectivity index (χ1) is 26.8. The molecule has 0 unspecified atom stereocenters. The predicted octanol–water partition coefficient (Wildman–Crippen LogP) is 14.5. The zero-order chi connectivity index (χ0) is 35.6. The Morgan fingerprint density at radius 2 is 0.759 bits per heavy atom. The average molecular weight is 687 g/mol. The third-order valence-electron chi connectivity index (χ3n) is 11.1. The van der Waals surface area contributed by atoms with Crippen molar-refractivity contribution in [3.05, 3.63) is 206 Å². The maximum atomic E-state index is 2.43. The van der Waals surface area contributed by atoms with Crippen LogP contribution in [-0.2, 0) is 0 Å². The Labute approximate surface area is 313 Å². The molecule has 0 bridgehead atoms. The minimum Gasteiger partial charge on any atom is -0.310 e. The Kier molecular flexibility index (Phi) is 6.90. The number of hydrogen-bond acceptors (Lipinski definition) is 1. The smallest absolute Gasteiger partial charge is 0.0547 e. The van der Waals surface area contributed by atoms with E-state index in [9.17, 15) is 0 Å². The van der Waals surface area contributed by atoms with Crippen LogP contribution in [0, 0.1) is 0 Å². The van der Waals surface area contributed by atoms with E-state index in [2.05, 4.69) is 216 Å². The van der Waals surface area contributed by atoms with Crippen LogP contribution < -0.4 is 4.90 Å². The molecule has 2 heteroatoms. The third-order valence-corrected chi connectivity index (χ3v) is 11.1. The van der Waals surface area contributed by atoms with Crippen molar-refractivity contribution in [2.24, 2.45) is 0 Å². The second kappa shape index (κ2) is 12.2. The lowest BCUT2D eigenvalue weighted by Gasteiger charge is -2.27. The molecule has 1 aromatic heterocycles. The van der Waals surface area contributed by atoms with Crippen molar-refractivity contribution in [3.63, 3.8) is 0 Å². The molecule has 0 radical (unpaired) electrons. The number of benzene rings is 10. The maximum Gasteiger partial charge on any atom is 0.0547 e. The molecule has 0 fully saturated rings. The molecular formula is C52H34N2. The lowest BCUT2D eigenvalue weighted by Crippen LogP contribution is -2.10. The van der Waals surface area contributed by atoms with Gasteiger partial charge in [0.2, 0.25) is 0 Å². The van der Waals surface area contributed by atoms with Gasteiger partial charge in [0.25, 0.3) is 0 Å². The summed E-state index contributed by atoms with van der Waals surface area (Å²) in [4.78, 5) is 2.38. The van der Waals surface area contributed by atoms with Crippen LogP contribution in [0.5, 0.6) is 0 Å². The first-order valence-electron chi connectivity index (χ1n) is 18.6. The molecular weight excluding hydrogens is 653 g/mol. The van der Waals surface area contributed by atoms with E-state index >= 15 is 0 Å². The van der Waals surface area contributed by atoms with Gasteiger partial charge in [0.15, 0.2) is 0 Å². The van der Waals surface area contributed by atoms with Gasteiger partial charge in [0, 0.05) is 33.5 Å². The Morgan fingerprint density at radius 3 is 1.30 bits per heavy atom. The van der Waals surface area contributed by atoms with Crippen LogP contribution in [0.4, 0.5) is 17.1 Å². The maximum absolute atomic E-state index is 2.43. The lowest BCUT2D eigenvalue weighted by atomic mass is 9.97. The number of hydrogen-bond donors (Lipinski definition) is 0. The monoisotopic (exact) mass is 686 g/mol. The highest BCUT2D eigenvalue weighted by Crippen LogP contribution is 2.42. The van der Waals surface area contributed by atoms with E-state index in [0.717, 1.165) is 22.7 Å². The van der Waals surface area contributed by atoms with E-state index in [4.69, 9.17) is 0 Å². The standard InChI is InChI=1S/C52H34N2/c1-3-18-45-35(10-1)12-5-20-47(45)37-26-30-41(31-27-37)53(42-32-28-38(29-33-42)48-21-6-13-36-11-2-4-19-46(36)48)43-16-9-17-44(34-43)54-49-22-7-14-39-24-25-40-15-8-23-50(54)52(40)51(39)49/h1-34H. The van der Waals surface area contributed by atoms with Crippen LogP contribution in [0.2, 0.25) is 0 Å². The molecule has 11 aromatic rings. The van der Waals surface area contributed by atoms with E-state index in [1.807, 2.05) is 0 Å². The van der Waals surface area contributed by atoms with E-state index in [1.165, 1.54) is 76.4 Å². The molecule has 2 nitrogen and oxygen atoms in total. The summed E-state index contributed by atoms with van der Waals surface area (Å²) in [5.74, 6) is 0. The normalized spacial score (nSPS) is 11.7. The molecule has 0 saturated heterocycles.